The molecule has 27 heavy (non-hydrogen) atoms. The molecular formula is C20H24N4O3. The Morgan fingerprint density at radius 3 is 2.67 bits per heavy atom. The lowest BCUT2D eigenvalue weighted by molar-refractivity contribution is -0.122. The summed E-state index contributed by atoms with van der Waals surface area (Å²) >= 11 is 0. The number of carbonyl (C=O) groups is 2. The van der Waals surface area contributed by atoms with Gasteiger partial charge in [0, 0.05) is 25.8 Å². The first-order chi connectivity index (χ1) is 13.1. The Morgan fingerprint density at radius 1 is 1.26 bits per heavy atom. The maximum absolute atomic E-state index is 12.4. The average Bonchev–Trinajstić information content (AvgIpc) is 2.69. The molecule has 1 aromatic heterocycles. The Bertz CT molecular complexity index is 790. The molecule has 142 valence electrons. The molecule has 3 rings (SSSR count). The average molecular weight is 368 g/mol. The molecule has 0 saturated carbocycles. The quantitative estimate of drug-likeness (QED) is 0.814. The minimum Gasteiger partial charge on any atom is -0.380 e. The fourth-order valence-corrected chi connectivity index (χ4v) is 3.19. The van der Waals surface area contributed by atoms with Gasteiger partial charge in [-0.3, -0.25) is 9.59 Å². The number of ether oxygens (including phenoxy) is 1. The molecule has 0 aliphatic carbocycles. The molecule has 0 bridgehead atoms. The summed E-state index contributed by atoms with van der Waals surface area (Å²) < 4.78 is 5.07. The zero-order valence-electron chi connectivity index (χ0n) is 15.4. The number of anilines is 2. The van der Waals surface area contributed by atoms with E-state index >= 15 is 0 Å². The topological polar surface area (TPSA) is 97.5 Å². The number of primary amides is 1. The van der Waals surface area contributed by atoms with E-state index in [1.165, 1.54) is 0 Å². The lowest BCUT2D eigenvalue weighted by Crippen LogP contribution is -2.41. The first kappa shape index (κ1) is 18.8. The van der Waals surface area contributed by atoms with E-state index in [9.17, 15) is 9.59 Å². The number of nitrogens with one attached hydrogen (secondary N) is 1. The Hall–Kier alpha value is -2.93. The molecule has 3 N–H and O–H groups in total. The second-order valence-corrected chi connectivity index (χ2v) is 6.68. The summed E-state index contributed by atoms with van der Waals surface area (Å²) in [6.07, 6.45) is 3.36. The Labute approximate surface area is 158 Å². The number of hydrogen-bond donors (Lipinski definition) is 2. The molecule has 2 amide bonds. The van der Waals surface area contributed by atoms with Crippen LogP contribution in [0.3, 0.4) is 0 Å². The normalized spacial score (nSPS) is 16.8. The zero-order chi connectivity index (χ0) is 19.2. The number of benzene rings is 1. The Morgan fingerprint density at radius 2 is 2.04 bits per heavy atom. The van der Waals surface area contributed by atoms with Crippen molar-refractivity contribution in [3.63, 3.8) is 0 Å². The van der Waals surface area contributed by atoms with Crippen LogP contribution < -0.4 is 16.0 Å². The molecule has 1 fully saturated rings. The van der Waals surface area contributed by atoms with Crippen LogP contribution in [0.4, 0.5) is 11.5 Å². The number of methoxy groups -OCH3 is 1. The molecule has 1 aliphatic rings. The van der Waals surface area contributed by atoms with Gasteiger partial charge in [0.15, 0.2) is 0 Å². The standard InChI is InChI=1S/C20H24N4O3/c1-27-13-14-4-6-15(7-5-14)20(26)23-17-8-9-18(22-11-17)24-10-2-3-16(12-24)19(21)25/h4-9,11,16H,2-3,10,12-13H2,1H3,(H2,21,25)(H,23,26). The highest BCUT2D eigenvalue weighted by molar-refractivity contribution is 6.04. The molecule has 2 aromatic rings. The van der Waals surface area contributed by atoms with Crippen molar-refractivity contribution in [2.75, 3.05) is 30.4 Å². The van der Waals surface area contributed by atoms with Crippen molar-refractivity contribution >= 4 is 23.3 Å². The number of nitrogens with two attached hydrogens (primary N) is 1. The van der Waals surface area contributed by atoms with E-state index < -0.39 is 0 Å². The second-order valence-electron chi connectivity index (χ2n) is 6.68. The SMILES string of the molecule is COCc1ccc(C(=O)Nc2ccc(N3CCCC(C(N)=O)C3)nc2)cc1. The number of carbonyl (C=O) groups excluding carboxylic acids is 2. The van der Waals surface area contributed by atoms with Gasteiger partial charge < -0.3 is 20.7 Å². The van der Waals surface area contributed by atoms with Crippen molar-refractivity contribution in [1.82, 2.24) is 4.98 Å². The van der Waals surface area contributed by atoms with Crippen molar-refractivity contribution < 1.29 is 14.3 Å². The van der Waals surface area contributed by atoms with E-state index in [0.29, 0.717) is 24.4 Å². The van der Waals surface area contributed by atoms with Crippen LogP contribution in [0.1, 0.15) is 28.8 Å². The van der Waals surface area contributed by atoms with Gasteiger partial charge in [-0.25, -0.2) is 4.98 Å². The van der Waals surface area contributed by atoms with Gasteiger partial charge in [-0.15, -0.1) is 0 Å². The highest BCUT2D eigenvalue weighted by Crippen LogP contribution is 2.22. The monoisotopic (exact) mass is 368 g/mol. The molecule has 1 unspecified atom stereocenters. The molecule has 1 atom stereocenters. The minimum absolute atomic E-state index is 0.138. The van der Waals surface area contributed by atoms with Crippen LogP contribution >= 0.6 is 0 Å². The minimum atomic E-state index is -0.264. The van der Waals surface area contributed by atoms with Gasteiger partial charge >= 0.3 is 0 Å². The molecule has 1 saturated heterocycles. The number of hydrogen-bond acceptors (Lipinski definition) is 5. The summed E-state index contributed by atoms with van der Waals surface area (Å²) in [5, 5.41) is 2.84. The van der Waals surface area contributed by atoms with Crippen LogP contribution in [0, 0.1) is 5.92 Å². The highest BCUT2D eigenvalue weighted by Gasteiger charge is 2.24. The fraction of sp³-hybridized carbons (Fsp3) is 0.350. The third-order valence-corrected chi connectivity index (χ3v) is 4.68. The summed E-state index contributed by atoms with van der Waals surface area (Å²) in [6.45, 7) is 1.94. The maximum atomic E-state index is 12.4. The molecule has 0 spiro atoms. The molecule has 7 heteroatoms. The predicted octanol–water partition coefficient (Wildman–Crippen LogP) is 2.18. The van der Waals surface area contributed by atoms with Crippen LogP contribution in [-0.4, -0.2) is 37.0 Å². The predicted molar refractivity (Wildman–Crippen MR) is 103 cm³/mol. The van der Waals surface area contributed by atoms with Gasteiger partial charge in [0.2, 0.25) is 5.91 Å². The summed E-state index contributed by atoms with van der Waals surface area (Å²) in [6, 6.07) is 10.9. The van der Waals surface area contributed by atoms with Gasteiger partial charge in [0.05, 0.1) is 24.4 Å². The highest BCUT2D eigenvalue weighted by atomic mass is 16.5. The second kappa shape index (κ2) is 8.64. The Kier molecular flexibility index (Phi) is 6.03. The zero-order valence-corrected chi connectivity index (χ0v) is 15.4. The number of amides is 2. The van der Waals surface area contributed by atoms with Crippen LogP contribution in [0.2, 0.25) is 0 Å². The summed E-state index contributed by atoms with van der Waals surface area (Å²) in [5.41, 5.74) is 7.62. The van der Waals surface area contributed by atoms with E-state index in [4.69, 9.17) is 10.5 Å². The number of piperidine rings is 1. The van der Waals surface area contributed by atoms with Crippen LogP contribution in [0.5, 0.6) is 0 Å². The first-order valence-electron chi connectivity index (χ1n) is 8.96. The number of nitrogens with zero attached hydrogens (tertiary/aromatic N) is 2. The van der Waals surface area contributed by atoms with Crippen LogP contribution in [0.25, 0.3) is 0 Å². The smallest absolute Gasteiger partial charge is 0.255 e. The maximum Gasteiger partial charge on any atom is 0.255 e. The van der Waals surface area contributed by atoms with Crippen LogP contribution in [-0.2, 0) is 16.1 Å². The van der Waals surface area contributed by atoms with E-state index in [1.54, 1.807) is 25.4 Å². The van der Waals surface area contributed by atoms with Crippen molar-refractivity contribution in [3.8, 4) is 0 Å². The summed E-state index contributed by atoms with van der Waals surface area (Å²) in [5.74, 6) is 0.184. The van der Waals surface area contributed by atoms with Crippen LogP contribution in [0.15, 0.2) is 42.6 Å². The molecule has 7 nitrogen and oxygen atoms in total. The van der Waals surface area contributed by atoms with Crippen molar-refractivity contribution in [2.24, 2.45) is 11.7 Å². The van der Waals surface area contributed by atoms with Gasteiger partial charge in [-0.05, 0) is 42.7 Å². The van der Waals surface area contributed by atoms with Gasteiger partial charge in [-0.1, -0.05) is 12.1 Å². The van der Waals surface area contributed by atoms with Gasteiger partial charge in [0.1, 0.15) is 5.82 Å². The Balaban J connectivity index is 1.61. The molecule has 1 aliphatic heterocycles. The van der Waals surface area contributed by atoms with Crippen molar-refractivity contribution in [3.05, 3.63) is 53.7 Å². The first-order valence-corrected chi connectivity index (χ1v) is 8.96. The number of aromatic nitrogens is 1. The largest absolute Gasteiger partial charge is 0.380 e. The van der Waals surface area contributed by atoms with E-state index in [2.05, 4.69) is 15.2 Å². The van der Waals surface area contributed by atoms with Crippen molar-refractivity contribution in [1.29, 1.82) is 0 Å². The van der Waals surface area contributed by atoms with Gasteiger partial charge in [-0.2, -0.15) is 0 Å². The lowest BCUT2D eigenvalue weighted by atomic mass is 9.97. The summed E-state index contributed by atoms with van der Waals surface area (Å²) in [7, 11) is 1.63. The van der Waals surface area contributed by atoms with E-state index in [1.807, 2.05) is 24.3 Å². The fourth-order valence-electron chi connectivity index (χ4n) is 3.19. The number of rotatable bonds is 6. The summed E-state index contributed by atoms with van der Waals surface area (Å²) in [4.78, 5) is 30.3. The molecule has 2 heterocycles. The van der Waals surface area contributed by atoms with Crippen molar-refractivity contribution in [2.45, 2.75) is 19.4 Å². The third kappa shape index (κ3) is 4.83. The molecule has 1 aromatic carbocycles. The lowest BCUT2D eigenvalue weighted by Gasteiger charge is -2.32. The molecule has 0 radical (unpaired) electrons. The third-order valence-electron chi connectivity index (χ3n) is 4.68. The van der Waals surface area contributed by atoms with E-state index in [0.717, 1.165) is 30.8 Å². The number of pyridine rings is 1. The van der Waals surface area contributed by atoms with Gasteiger partial charge in [0.25, 0.3) is 5.91 Å². The van der Waals surface area contributed by atoms with E-state index in [-0.39, 0.29) is 17.7 Å². The molecular weight excluding hydrogens is 344 g/mol.